The summed E-state index contributed by atoms with van der Waals surface area (Å²) in [6.07, 6.45) is 1.56. The summed E-state index contributed by atoms with van der Waals surface area (Å²) in [5.74, 6) is -0.861. The number of benzene rings is 1. The maximum atomic E-state index is 13.2. The number of amides is 1. The molecular weight excluding hydrogens is 267 g/mol. The van der Waals surface area contributed by atoms with Crippen molar-refractivity contribution >= 4 is 23.2 Å². The molecule has 2 aromatic rings. The molecular formula is C14H12ClFN2O. The maximum Gasteiger partial charge on any atom is 0.256 e. The van der Waals surface area contributed by atoms with Crippen LogP contribution in [0.15, 0.2) is 30.5 Å². The fourth-order valence-corrected chi connectivity index (χ4v) is 1.95. The molecule has 0 saturated heterocycles. The van der Waals surface area contributed by atoms with Gasteiger partial charge in [0.1, 0.15) is 5.82 Å². The topological polar surface area (TPSA) is 42.0 Å². The van der Waals surface area contributed by atoms with E-state index in [0.29, 0.717) is 11.3 Å². The Bertz CT molecular complexity index is 623. The van der Waals surface area contributed by atoms with Crippen molar-refractivity contribution in [3.8, 4) is 0 Å². The van der Waals surface area contributed by atoms with Crippen LogP contribution in [0.2, 0.25) is 5.15 Å². The fourth-order valence-electron chi connectivity index (χ4n) is 1.69. The third kappa shape index (κ3) is 2.90. The Balaban J connectivity index is 2.34. The van der Waals surface area contributed by atoms with Gasteiger partial charge in [0, 0.05) is 11.8 Å². The number of hydrogen-bond acceptors (Lipinski definition) is 2. The molecule has 0 radical (unpaired) electrons. The molecule has 0 aliphatic rings. The van der Waals surface area contributed by atoms with E-state index in [-0.39, 0.29) is 10.7 Å². The molecule has 0 saturated carbocycles. The molecule has 1 aromatic carbocycles. The van der Waals surface area contributed by atoms with Crippen molar-refractivity contribution in [1.82, 2.24) is 4.98 Å². The second-order valence-corrected chi connectivity index (χ2v) is 4.57. The number of pyridine rings is 1. The lowest BCUT2D eigenvalue weighted by Gasteiger charge is -2.11. The van der Waals surface area contributed by atoms with Gasteiger partial charge in [0.25, 0.3) is 5.91 Å². The van der Waals surface area contributed by atoms with Crippen molar-refractivity contribution in [3.63, 3.8) is 0 Å². The van der Waals surface area contributed by atoms with Crippen LogP contribution in [0.4, 0.5) is 10.1 Å². The van der Waals surface area contributed by atoms with Crippen molar-refractivity contribution in [2.45, 2.75) is 13.8 Å². The Morgan fingerprint density at radius 3 is 2.68 bits per heavy atom. The van der Waals surface area contributed by atoms with Crippen LogP contribution >= 0.6 is 11.6 Å². The first kappa shape index (κ1) is 13.5. The van der Waals surface area contributed by atoms with Crippen LogP contribution in [0.1, 0.15) is 21.5 Å². The SMILES string of the molecule is Cc1ccc(F)cc1C(=O)Nc1c(C)ccnc1Cl. The number of nitrogens with zero attached hydrogens (tertiary/aromatic N) is 1. The van der Waals surface area contributed by atoms with E-state index in [1.54, 1.807) is 25.3 Å². The molecule has 1 aromatic heterocycles. The van der Waals surface area contributed by atoms with E-state index >= 15 is 0 Å². The lowest BCUT2D eigenvalue weighted by atomic mass is 10.1. The van der Waals surface area contributed by atoms with Gasteiger partial charge in [-0.2, -0.15) is 0 Å². The molecule has 1 heterocycles. The Morgan fingerprint density at radius 1 is 1.26 bits per heavy atom. The minimum Gasteiger partial charge on any atom is -0.319 e. The number of hydrogen-bond donors (Lipinski definition) is 1. The molecule has 19 heavy (non-hydrogen) atoms. The van der Waals surface area contributed by atoms with Gasteiger partial charge in [-0.3, -0.25) is 4.79 Å². The zero-order valence-electron chi connectivity index (χ0n) is 10.5. The monoisotopic (exact) mass is 278 g/mol. The van der Waals surface area contributed by atoms with Crippen molar-refractivity contribution in [1.29, 1.82) is 0 Å². The number of anilines is 1. The van der Waals surface area contributed by atoms with Gasteiger partial charge < -0.3 is 5.32 Å². The average Bonchev–Trinajstić information content (AvgIpc) is 2.37. The summed E-state index contributed by atoms with van der Waals surface area (Å²) in [6.45, 7) is 3.55. The highest BCUT2D eigenvalue weighted by Crippen LogP contribution is 2.24. The number of rotatable bonds is 2. The normalized spacial score (nSPS) is 10.3. The summed E-state index contributed by atoms with van der Waals surface area (Å²) in [4.78, 5) is 16.0. The third-order valence-electron chi connectivity index (χ3n) is 2.80. The van der Waals surface area contributed by atoms with Gasteiger partial charge in [-0.15, -0.1) is 0 Å². The third-order valence-corrected chi connectivity index (χ3v) is 3.08. The molecule has 5 heteroatoms. The molecule has 0 unspecified atom stereocenters. The molecule has 2 rings (SSSR count). The van der Waals surface area contributed by atoms with E-state index in [1.165, 1.54) is 12.1 Å². The maximum absolute atomic E-state index is 13.2. The highest BCUT2D eigenvalue weighted by Gasteiger charge is 2.13. The molecule has 1 amide bonds. The zero-order valence-corrected chi connectivity index (χ0v) is 11.3. The van der Waals surface area contributed by atoms with E-state index in [0.717, 1.165) is 5.56 Å². The number of nitrogens with one attached hydrogen (secondary N) is 1. The van der Waals surface area contributed by atoms with E-state index in [4.69, 9.17) is 11.6 Å². The van der Waals surface area contributed by atoms with Gasteiger partial charge in [0.15, 0.2) is 5.15 Å². The summed E-state index contributed by atoms with van der Waals surface area (Å²) in [7, 11) is 0. The largest absolute Gasteiger partial charge is 0.319 e. The lowest BCUT2D eigenvalue weighted by molar-refractivity contribution is 0.102. The minimum atomic E-state index is -0.454. The fraction of sp³-hybridized carbons (Fsp3) is 0.143. The molecule has 0 atom stereocenters. The first-order valence-electron chi connectivity index (χ1n) is 5.67. The predicted octanol–water partition coefficient (Wildman–Crippen LogP) is 3.74. The summed E-state index contributed by atoms with van der Waals surface area (Å²) >= 11 is 5.93. The van der Waals surface area contributed by atoms with Crippen LogP contribution in [0, 0.1) is 19.7 Å². The molecule has 0 spiro atoms. The van der Waals surface area contributed by atoms with Gasteiger partial charge in [0.05, 0.1) is 5.69 Å². The smallest absolute Gasteiger partial charge is 0.256 e. The Morgan fingerprint density at radius 2 is 2.00 bits per heavy atom. The van der Waals surface area contributed by atoms with Gasteiger partial charge in [0.2, 0.25) is 0 Å². The van der Waals surface area contributed by atoms with Crippen molar-refractivity contribution in [3.05, 3.63) is 58.1 Å². The summed E-state index contributed by atoms with van der Waals surface area (Å²) in [5.41, 5.74) is 2.20. The number of carbonyl (C=O) groups is 1. The summed E-state index contributed by atoms with van der Waals surface area (Å²) < 4.78 is 13.2. The number of aromatic nitrogens is 1. The molecule has 1 N–H and O–H groups in total. The van der Waals surface area contributed by atoms with Crippen LogP contribution in [0.3, 0.4) is 0 Å². The van der Waals surface area contributed by atoms with Crippen LogP contribution < -0.4 is 5.32 Å². The number of carbonyl (C=O) groups excluding carboxylic acids is 1. The highest BCUT2D eigenvalue weighted by atomic mass is 35.5. The van der Waals surface area contributed by atoms with E-state index in [1.807, 2.05) is 6.92 Å². The minimum absolute atomic E-state index is 0.211. The predicted molar refractivity (Wildman–Crippen MR) is 73.1 cm³/mol. The van der Waals surface area contributed by atoms with Gasteiger partial charge in [-0.25, -0.2) is 9.37 Å². The van der Waals surface area contributed by atoms with Gasteiger partial charge >= 0.3 is 0 Å². The van der Waals surface area contributed by atoms with E-state index < -0.39 is 11.7 Å². The van der Waals surface area contributed by atoms with Crippen LogP contribution in [-0.2, 0) is 0 Å². The zero-order chi connectivity index (χ0) is 14.0. The van der Waals surface area contributed by atoms with E-state index in [2.05, 4.69) is 10.3 Å². The number of halogens is 2. The van der Waals surface area contributed by atoms with Crippen LogP contribution in [0.5, 0.6) is 0 Å². The van der Waals surface area contributed by atoms with Crippen molar-refractivity contribution < 1.29 is 9.18 Å². The molecule has 0 fully saturated rings. The Hall–Kier alpha value is -1.94. The lowest BCUT2D eigenvalue weighted by Crippen LogP contribution is -2.15. The van der Waals surface area contributed by atoms with Crippen molar-refractivity contribution in [2.75, 3.05) is 5.32 Å². The molecule has 98 valence electrons. The van der Waals surface area contributed by atoms with E-state index in [9.17, 15) is 9.18 Å². The second kappa shape index (κ2) is 5.36. The van der Waals surface area contributed by atoms with Crippen molar-refractivity contribution in [2.24, 2.45) is 0 Å². The van der Waals surface area contributed by atoms with Gasteiger partial charge in [-0.05, 0) is 43.2 Å². The van der Waals surface area contributed by atoms with Gasteiger partial charge in [-0.1, -0.05) is 17.7 Å². The summed E-state index contributed by atoms with van der Waals surface area (Å²) in [5, 5.41) is 2.87. The molecule has 0 aliphatic heterocycles. The standard InChI is InChI=1S/C14H12ClFN2O/c1-8-3-4-10(16)7-11(8)14(19)18-12-9(2)5-6-17-13(12)15/h3-7H,1-2H3,(H,18,19). The summed E-state index contributed by atoms with van der Waals surface area (Å²) in [6, 6.07) is 5.81. The van der Waals surface area contributed by atoms with Crippen LogP contribution in [-0.4, -0.2) is 10.9 Å². The molecule has 3 nitrogen and oxygen atoms in total. The Labute approximate surface area is 115 Å². The quantitative estimate of drug-likeness (QED) is 0.850. The first-order valence-corrected chi connectivity index (χ1v) is 6.05. The first-order chi connectivity index (χ1) is 8.99. The average molecular weight is 279 g/mol. The Kier molecular flexibility index (Phi) is 3.81. The molecule has 0 aliphatic carbocycles. The molecule has 0 bridgehead atoms. The highest BCUT2D eigenvalue weighted by molar-refractivity contribution is 6.32. The number of aryl methyl sites for hydroxylation is 2. The van der Waals surface area contributed by atoms with Crippen LogP contribution in [0.25, 0.3) is 0 Å². The second-order valence-electron chi connectivity index (χ2n) is 4.21.